The molecule has 6 heteroatoms. The number of hydrogen-bond donors (Lipinski definition) is 0. The van der Waals surface area contributed by atoms with Gasteiger partial charge in [0.1, 0.15) is 11.2 Å². The molecule has 0 spiro atoms. The molecule has 82 valence electrons. The lowest BCUT2D eigenvalue weighted by atomic mass is 10.4. The maximum absolute atomic E-state index is 11.6. The molecule has 0 heterocycles. The van der Waals surface area contributed by atoms with Crippen molar-refractivity contribution in [2.24, 2.45) is 4.40 Å². The summed E-state index contributed by atoms with van der Waals surface area (Å²) in [5.41, 5.74) is 0. The third-order valence-corrected chi connectivity index (χ3v) is 3.26. The predicted octanol–water partition coefficient (Wildman–Crippen LogP) is 1.62. The molecule has 0 fully saturated rings. The lowest BCUT2D eigenvalue weighted by Crippen LogP contribution is -2.10. The van der Waals surface area contributed by atoms with E-state index in [1.807, 2.05) is 0 Å². The van der Waals surface area contributed by atoms with Gasteiger partial charge in [-0.3, -0.25) is 0 Å². The van der Waals surface area contributed by atoms with Crippen LogP contribution in [0.4, 0.5) is 0 Å². The largest absolute Gasteiger partial charge is 0.368 e. The zero-order valence-corrected chi connectivity index (χ0v) is 9.96. The number of halogens is 1. The molecule has 0 aromatic heterocycles. The van der Waals surface area contributed by atoms with E-state index in [4.69, 9.17) is 11.6 Å². The van der Waals surface area contributed by atoms with Crippen molar-refractivity contribution in [2.45, 2.75) is 4.90 Å². The molecule has 0 unspecified atom stereocenters. The Balaban J connectivity index is 3.13. The smallest absolute Gasteiger partial charge is 0.285 e. The van der Waals surface area contributed by atoms with Crippen LogP contribution in [0.15, 0.2) is 33.6 Å². The van der Waals surface area contributed by atoms with Gasteiger partial charge in [0.2, 0.25) is 0 Å². The first kappa shape index (κ1) is 12.0. The van der Waals surface area contributed by atoms with Crippen LogP contribution in [-0.2, 0) is 10.0 Å². The van der Waals surface area contributed by atoms with E-state index in [9.17, 15) is 8.42 Å². The van der Waals surface area contributed by atoms with Gasteiger partial charge in [-0.2, -0.15) is 8.42 Å². The summed E-state index contributed by atoms with van der Waals surface area (Å²) < 4.78 is 26.8. The number of benzene rings is 1. The number of rotatable bonds is 3. The van der Waals surface area contributed by atoms with E-state index in [1.165, 1.54) is 23.4 Å². The van der Waals surface area contributed by atoms with Crippen molar-refractivity contribution in [2.75, 3.05) is 14.1 Å². The molecule has 0 radical (unpaired) electrons. The second-order valence-electron chi connectivity index (χ2n) is 3.09. The van der Waals surface area contributed by atoms with Gasteiger partial charge in [-0.25, -0.2) is 0 Å². The van der Waals surface area contributed by atoms with Crippen LogP contribution in [0.3, 0.4) is 0 Å². The summed E-state index contributed by atoms with van der Waals surface area (Å²) in [6.45, 7) is 0. The quantitative estimate of drug-likeness (QED) is 0.602. The van der Waals surface area contributed by atoms with Gasteiger partial charge < -0.3 is 4.90 Å². The summed E-state index contributed by atoms with van der Waals surface area (Å²) in [6, 6.07) is 6.20. The molecule has 0 saturated carbocycles. The van der Waals surface area contributed by atoms with E-state index in [-0.39, 0.29) is 9.92 Å². The summed E-state index contributed by atoms with van der Waals surface area (Å²) in [5.74, 6) is 0. The fourth-order valence-electron chi connectivity index (χ4n) is 0.867. The highest BCUT2D eigenvalue weighted by Crippen LogP contribution is 2.21. The average molecular weight is 247 g/mol. The summed E-state index contributed by atoms with van der Waals surface area (Å²) in [4.78, 5) is 1.55. The Labute approximate surface area is 94.2 Å². The van der Waals surface area contributed by atoms with Crippen molar-refractivity contribution in [3.8, 4) is 0 Å². The predicted molar refractivity (Wildman–Crippen MR) is 60.8 cm³/mol. The van der Waals surface area contributed by atoms with Gasteiger partial charge in [-0.05, 0) is 12.1 Å². The fraction of sp³-hybridized carbons (Fsp3) is 0.222. The third-order valence-electron chi connectivity index (χ3n) is 1.53. The first-order chi connectivity index (χ1) is 6.93. The zero-order chi connectivity index (χ0) is 11.5. The summed E-state index contributed by atoms with van der Waals surface area (Å²) in [5, 5.41) is 0.174. The van der Waals surface area contributed by atoms with Gasteiger partial charge in [0.15, 0.2) is 0 Å². The van der Waals surface area contributed by atoms with E-state index in [1.54, 1.807) is 26.2 Å². The Morgan fingerprint density at radius 1 is 1.33 bits per heavy atom. The lowest BCUT2D eigenvalue weighted by molar-refractivity contribution is 0.595. The first-order valence-corrected chi connectivity index (χ1v) is 5.97. The van der Waals surface area contributed by atoms with Gasteiger partial charge >= 0.3 is 0 Å². The van der Waals surface area contributed by atoms with Crippen LogP contribution >= 0.6 is 11.6 Å². The second kappa shape index (κ2) is 4.63. The maximum atomic E-state index is 11.6. The maximum Gasteiger partial charge on any atom is 0.285 e. The van der Waals surface area contributed by atoms with Gasteiger partial charge in [-0.1, -0.05) is 23.7 Å². The van der Waals surface area contributed by atoms with Crippen LogP contribution in [0.5, 0.6) is 0 Å². The van der Waals surface area contributed by atoms with Gasteiger partial charge in [0, 0.05) is 14.1 Å². The highest BCUT2D eigenvalue weighted by Gasteiger charge is 2.15. The average Bonchev–Trinajstić information content (AvgIpc) is 2.15. The molecule has 0 amide bonds. The van der Waals surface area contributed by atoms with Crippen LogP contribution in [-0.4, -0.2) is 33.8 Å². The third kappa shape index (κ3) is 3.21. The van der Waals surface area contributed by atoms with Crippen LogP contribution in [0, 0.1) is 0 Å². The molecule has 0 aliphatic carbocycles. The van der Waals surface area contributed by atoms with E-state index in [0.29, 0.717) is 0 Å². The minimum atomic E-state index is -3.69. The van der Waals surface area contributed by atoms with E-state index < -0.39 is 10.0 Å². The summed E-state index contributed by atoms with van der Waals surface area (Å²) >= 11 is 5.76. The van der Waals surface area contributed by atoms with Crippen LogP contribution in [0.25, 0.3) is 0 Å². The van der Waals surface area contributed by atoms with E-state index >= 15 is 0 Å². The molecule has 0 atom stereocenters. The molecular formula is C9H11ClN2O2S. The normalized spacial score (nSPS) is 11.9. The number of sulfonamides is 1. The highest BCUT2D eigenvalue weighted by atomic mass is 35.5. The minimum Gasteiger partial charge on any atom is -0.368 e. The Bertz CT molecular complexity index is 469. The molecular weight excluding hydrogens is 236 g/mol. The molecule has 0 aliphatic heterocycles. The Morgan fingerprint density at radius 3 is 2.47 bits per heavy atom. The number of hydrogen-bond acceptors (Lipinski definition) is 2. The van der Waals surface area contributed by atoms with Crippen molar-refractivity contribution in [3.63, 3.8) is 0 Å². The Hall–Kier alpha value is -1.07. The SMILES string of the molecule is CN(C)/C=N/S(=O)(=O)c1ccccc1Cl. The van der Waals surface area contributed by atoms with Gasteiger partial charge in [0.05, 0.1) is 5.02 Å². The molecule has 0 bridgehead atoms. The topological polar surface area (TPSA) is 49.7 Å². The minimum absolute atomic E-state index is 0.0183. The molecule has 1 rings (SSSR count). The molecule has 15 heavy (non-hydrogen) atoms. The molecule has 1 aromatic rings. The van der Waals surface area contributed by atoms with Crippen molar-refractivity contribution in [1.29, 1.82) is 0 Å². The van der Waals surface area contributed by atoms with Gasteiger partial charge in [-0.15, -0.1) is 4.40 Å². The van der Waals surface area contributed by atoms with Crippen molar-refractivity contribution < 1.29 is 8.42 Å². The van der Waals surface area contributed by atoms with Crippen LogP contribution in [0.1, 0.15) is 0 Å². The van der Waals surface area contributed by atoms with Crippen molar-refractivity contribution in [3.05, 3.63) is 29.3 Å². The molecule has 0 aliphatic rings. The zero-order valence-electron chi connectivity index (χ0n) is 8.38. The fourth-order valence-corrected chi connectivity index (χ4v) is 2.29. The second-order valence-corrected chi connectivity index (χ2v) is 5.10. The van der Waals surface area contributed by atoms with Crippen molar-refractivity contribution in [1.82, 2.24) is 4.90 Å². The van der Waals surface area contributed by atoms with Gasteiger partial charge in [0.25, 0.3) is 10.0 Å². The molecule has 4 nitrogen and oxygen atoms in total. The van der Waals surface area contributed by atoms with E-state index in [0.717, 1.165) is 0 Å². The van der Waals surface area contributed by atoms with Crippen LogP contribution < -0.4 is 0 Å². The summed E-state index contributed by atoms with van der Waals surface area (Å²) in [6.07, 6.45) is 1.22. The lowest BCUT2D eigenvalue weighted by Gasteiger charge is -2.04. The monoisotopic (exact) mass is 246 g/mol. The van der Waals surface area contributed by atoms with Crippen LogP contribution in [0.2, 0.25) is 5.02 Å². The highest BCUT2D eigenvalue weighted by molar-refractivity contribution is 7.90. The Morgan fingerprint density at radius 2 is 1.93 bits per heavy atom. The van der Waals surface area contributed by atoms with Crippen molar-refractivity contribution >= 4 is 28.0 Å². The Kier molecular flexibility index (Phi) is 3.71. The first-order valence-electron chi connectivity index (χ1n) is 4.15. The molecule has 0 N–H and O–H groups in total. The number of nitrogens with zero attached hydrogens (tertiary/aromatic N) is 2. The van der Waals surface area contributed by atoms with E-state index in [2.05, 4.69) is 4.40 Å². The molecule has 0 saturated heterocycles. The standard InChI is InChI=1S/C9H11ClN2O2S/c1-12(2)7-11-15(13,14)9-6-4-3-5-8(9)10/h3-7H,1-2H3/b11-7+. The molecule has 1 aromatic carbocycles. The summed E-state index contributed by atoms with van der Waals surface area (Å²) in [7, 11) is -0.318.